The van der Waals surface area contributed by atoms with E-state index in [0.29, 0.717) is 17.5 Å². The van der Waals surface area contributed by atoms with Crippen LogP contribution in [0.5, 0.6) is 0 Å². The molecular formula is C19H22N4O2S. The smallest absolute Gasteiger partial charge is 0.277 e. The van der Waals surface area contributed by atoms with Crippen LogP contribution in [0.1, 0.15) is 50.0 Å². The second-order valence-corrected chi connectivity index (χ2v) is 7.64. The molecule has 136 valence electrons. The molecule has 1 N–H and O–H groups in total. The molecule has 1 unspecified atom stereocenters. The molecule has 1 atom stereocenters. The highest BCUT2D eigenvalue weighted by Gasteiger charge is 2.35. The van der Waals surface area contributed by atoms with E-state index >= 15 is 0 Å². The molecular weight excluding hydrogens is 348 g/mol. The van der Waals surface area contributed by atoms with Gasteiger partial charge in [0.25, 0.3) is 5.22 Å². The Kier molecular flexibility index (Phi) is 5.94. The van der Waals surface area contributed by atoms with Crippen LogP contribution in [0.3, 0.4) is 0 Å². The van der Waals surface area contributed by atoms with Crippen molar-refractivity contribution in [3.8, 4) is 6.07 Å². The zero-order chi connectivity index (χ0) is 18.4. The molecule has 1 aliphatic carbocycles. The van der Waals surface area contributed by atoms with E-state index in [1.807, 2.05) is 18.2 Å². The van der Waals surface area contributed by atoms with Gasteiger partial charge in [0.2, 0.25) is 11.8 Å². The van der Waals surface area contributed by atoms with E-state index in [2.05, 4.69) is 40.6 Å². The number of carbonyl (C=O) groups is 1. The molecule has 0 spiro atoms. The van der Waals surface area contributed by atoms with Crippen LogP contribution in [0.2, 0.25) is 0 Å². The number of hydrogen-bond donors (Lipinski definition) is 1. The molecule has 1 heterocycles. The van der Waals surface area contributed by atoms with Crippen LogP contribution < -0.4 is 5.32 Å². The van der Waals surface area contributed by atoms with Crippen molar-refractivity contribution in [2.75, 3.05) is 5.75 Å². The van der Waals surface area contributed by atoms with Crippen LogP contribution in [0, 0.1) is 11.3 Å². The van der Waals surface area contributed by atoms with Crippen LogP contribution in [-0.4, -0.2) is 27.4 Å². The lowest BCUT2D eigenvalue weighted by molar-refractivity contribution is -0.119. The van der Waals surface area contributed by atoms with Crippen LogP contribution in [0.4, 0.5) is 0 Å². The predicted octanol–water partition coefficient (Wildman–Crippen LogP) is 3.46. The van der Waals surface area contributed by atoms with Crippen molar-refractivity contribution in [1.29, 1.82) is 5.26 Å². The van der Waals surface area contributed by atoms with Gasteiger partial charge in [0.15, 0.2) is 0 Å². The minimum Gasteiger partial charge on any atom is -0.416 e. The zero-order valence-electron chi connectivity index (χ0n) is 14.8. The van der Waals surface area contributed by atoms with Crippen LogP contribution in [-0.2, 0) is 11.2 Å². The Bertz CT molecular complexity index is 778. The Labute approximate surface area is 157 Å². The molecule has 7 heteroatoms. The van der Waals surface area contributed by atoms with Crippen molar-refractivity contribution in [1.82, 2.24) is 15.5 Å². The first kappa shape index (κ1) is 18.5. The fourth-order valence-corrected chi connectivity index (χ4v) is 3.79. The van der Waals surface area contributed by atoms with Gasteiger partial charge >= 0.3 is 0 Å². The lowest BCUT2D eigenvalue weighted by atomic mass is 9.98. The number of carbonyl (C=O) groups excluding carboxylic acids is 1. The number of hydrogen-bond acceptors (Lipinski definition) is 6. The van der Waals surface area contributed by atoms with Gasteiger partial charge < -0.3 is 9.73 Å². The van der Waals surface area contributed by atoms with E-state index in [4.69, 9.17) is 4.42 Å². The van der Waals surface area contributed by atoms with Crippen LogP contribution >= 0.6 is 11.8 Å². The Morgan fingerprint density at radius 3 is 2.77 bits per heavy atom. The molecule has 0 radical (unpaired) electrons. The highest BCUT2D eigenvalue weighted by atomic mass is 32.2. The molecule has 1 amide bonds. The third-order valence-electron chi connectivity index (χ3n) is 4.67. The maximum Gasteiger partial charge on any atom is 0.277 e. The summed E-state index contributed by atoms with van der Waals surface area (Å²) in [7, 11) is 0. The SMILES string of the molecule is CC(Cc1nnc(SCC(=O)NC2(C#N)CCCC2)o1)c1ccccc1. The molecule has 26 heavy (non-hydrogen) atoms. The minimum atomic E-state index is -0.692. The number of rotatable bonds is 7. The largest absolute Gasteiger partial charge is 0.416 e. The molecule has 0 bridgehead atoms. The van der Waals surface area contributed by atoms with Crippen molar-refractivity contribution in [3.63, 3.8) is 0 Å². The van der Waals surface area contributed by atoms with E-state index in [1.54, 1.807) is 0 Å². The van der Waals surface area contributed by atoms with E-state index in [1.165, 1.54) is 17.3 Å². The molecule has 1 aromatic heterocycles. The summed E-state index contributed by atoms with van der Waals surface area (Å²) in [5.74, 6) is 0.833. The number of nitrogens with zero attached hydrogens (tertiary/aromatic N) is 3. The summed E-state index contributed by atoms with van der Waals surface area (Å²) in [6, 6.07) is 12.4. The van der Waals surface area contributed by atoms with Gasteiger partial charge in [-0.1, -0.05) is 49.0 Å². The van der Waals surface area contributed by atoms with E-state index in [9.17, 15) is 10.1 Å². The number of benzene rings is 1. The normalized spacial score (nSPS) is 16.8. The fraction of sp³-hybridized carbons (Fsp3) is 0.474. The average molecular weight is 370 g/mol. The van der Waals surface area contributed by atoms with Crippen molar-refractivity contribution < 1.29 is 9.21 Å². The summed E-state index contributed by atoms with van der Waals surface area (Å²) in [6.45, 7) is 2.11. The van der Waals surface area contributed by atoms with Gasteiger partial charge in [-0.05, 0) is 37.2 Å². The highest BCUT2D eigenvalue weighted by Crippen LogP contribution is 2.29. The maximum absolute atomic E-state index is 12.1. The first-order valence-electron chi connectivity index (χ1n) is 8.83. The van der Waals surface area contributed by atoms with Gasteiger partial charge in [-0.25, -0.2) is 0 Å². The van der Waals surface area contributed by atoms with E-state index < -0.39 is 5.54 Å². The molecule has 0 saturated heterocycles. The van der Waals surface area contributed by atoms with E-state index in [-0.39, 0.29) is 17.6 Å². The number of aromatic nitrogens is 2. The minimum absolute atomic E-state index is 0.166. The Morgan fingerprint density at radius 2 is 2.08 bits per heavy atom. The van der Waals surface area contributed by atoms with Gasteiger partial charge in [0.1, 0.15) is 5.54 Å². The molecule has 1 aliphatic rings. The third kappa shape index (κ3) is 4.64. The molecule has 6 nitrogen and oxygen atoms in total. The summed E-state index contributed by atoms with van der Waals surface area (Å²) in [4.78, 5) is 12.1. The molecule has 1 saturated carbocycles. The van der Waals surface area contributed by atoms with Crippen molar-refractivity contribution in [2.45, 2.75) is 55.7 Å². The predicted molar refractivity (Wildman–Crippen MR) is 98.5 cm³/mol. The van der Waals surface area contributed by atoms with Crippen LogP contribution in [0.25, 0.3) is 0 Å². The first-order chi connectivity index (χ1) is 12.6. The lowest BCUT2D eigenvalue weighted by Crippen LogP contribution is -2.45. The molecule has 1 fully saturated rings. The van der Waals surface area contributed by atoms with Gasteiger partial charge in [0.05, 0.1) is 11.8 Å². The average Bonchev–Trinajstić information content (AvgIpc) is 3.31. The third-order valence-corrected chi connectivity index (χ3v) is 5.49. The maximum atomic E-state index is 12.1. The Hall–Kier alpha value is -2.33. The summed E-state index contributed by atoms with van der Waals surface area (Å²) < 4.78 is 5.64. The standard InChI is InChI=1S/C19H22N4O2S/c1-14(15-7-3-2-4-8-15)11-17-22-23-18(25-17)26-12-16(24)21-19(13-20)9-5-6-10-19/h2-4,7-8,14H,5-6,9-12H2,1H3,(H,21,24). The quantitative estimate of drug-likeness (QED) is 0.751. The van der Waals surface area contributed by atoms with Crippen LogP contribution in [0.15, 0.2) is 40.0 Å². The molecule has 0 aliphatic heterocycles. The van der Waals surface area contributed by atoms with Gasteiger partial charge in [-0.2, -0.15) is 5.26 Å². The van der Waals surface area contributed by atoms with Gasteiger partial charge in [-0.3, -0.25) is 4.79 Å². The summed E-state index contributed by atoms with van der Waals surface area (Å²) >= 11 is 1.20. The van der Waals surface area contributed by atoms with Crippen molar-refractivity contribution >= 4 is 17.7 Å². The topological polar surface area (TPSA) is 91.8 Å². The zero-order valence-corrected chi connectivity index (χ0v) is 15.6. The lowest BCUT2D eigenvalue weighted by Gasteiger charge is -2.21. The summed E-state index contributed by atoms with van der Waals surface area (Å²) in [5, 5.41) is 20.6. The second kappa shape index (κ2) is 8.37. The highest BCUT2D eigenvalue weighted by molar-refractivity contribution is 7.99. The number of nitrogens with one attached hydrogen (secondary N) is 1. The molecule has 2 aromatic rings. The number of nitriles is 1. The number of thioether (sulfide) groups is 1. The molecule has 3 rings (SSSR count). The Morgan fingerprint density at radius 1 is 1.35 bits per heavy atom. The van der Waals surface area contributed by atoms with E-state index in [0.717, 1.165) is 25.7 Å². The van der Waals surface area contributed by atoms with Crippen molar-refractivity contribution in [2.24, 2.45) is 0 Å². The monoisotopic (exact) mass is 370 g/mol. The van der Waals surface area contributed by atoms with Crippen molar-refractivity contribution in [3.05, 3.63) is 41.8 Å². The van der Waals surface area contributed by atoms with Gasteiger partial charge in [0, 0.05) is 6.42 Å². The fourth-order valence-electron chi connectivity index (χ4n) is 3.21. The molecule has 1 aromatic carbocycles. The Balaban J connectivity index is 1.49. The first-order valence-corrected chi connectivity index (χ1v) is 9.81. The summed E-state index contributed by atoms with van der Waals surface area (Å²) in [5.41, 5.74) is 0.528. The summed E-state index contributed by atoms with van der Waals surface area (Å²) in [6.07, 6.45) is 4.06. The van der Waals surface area contributed by atoms with Gasteiger partial charge in [-0.15, -0.1) is 10.2 Å². The second-order valence-electron chi connectivity index (χ2n) is 6.72. The number of amides is 1.